The van der Waals surface area contributed by atoms with E-state index in [1.807, 2.05) is 50.1 Å². The molecule has 3 rings (SSSR count). The van der Waals surface area contributed by atoms with Crippen LogP contribution in [-0.4, -0.2) is 46.9 Å². The predicted molar refractivity (Wildman–Crippen MR) is 105 cm³/mol. The van der Waals surface area contributed by atoms with Crippen LogP contribution in [0.2, 0.25) is 0 Å². The minimum Gasteiger partial charge on any atom is -0.361 e. The van der Waals surface area contributed by atoms with Gasteiger partial charge in [0.05, 0.1) is 12.2 Å². The number of carbonyl (C=O) groups excluding carboxylic acids is 2. The zero-order chi connectivity index (χ0) is 19.6. The van der Waals surface area contributed by atoms with Crippen molar-refractivity contribution in [1.82, 2.24) is 15.0 Å². The highest BCUT2D eigenvalue weighted by molar-refractivity contribution is 9.10. The van der Waals surface area contributed by atoms with Gasteiger partial charge in [-0.25, -0.2) is 0 Å². The molecule has 27 heavy (non-hydrogen) atoms. The molecule has 2 amide bonds. The normalized spacial score (nSPS) is 15.0. The average molecular weight is 434 g/mol. The van der Waals surface area contributed by atoms with Crippen LogP contribution in [0.25, 0.3) is 0 Å². The first-order valence-electron chi connectivity index (χ1n) is 9.08. The summed E-state index contributed by atoms with van der Waals surface area (Å²) in [5, 5.41) is 3.94. The van der Waals surface area contributed by atoms with E-state index in [4.69, 9.17) is 4.52 Å². The van der Waals surface area contributed by atoms with Gasteiger partial charge in [0.2, 0.25) is 5.91 Å². The number of aromatic nitrogens is 1. The molecule has 0 aliphatic carbocycles. The molecule has 0 radical (unpaired) electrons. The third-order valence-corrected chi connectivity index (χ3v) is 5.70. The fourth-order valence-electron chi connectivity index (χ4n) is 3.46. The van der Waals surface area contributed by atoms with E-state index < -0.39 is 0 Å². The number of piperidine rings is 1. The van der Waals surface area contributed by atoms with Crippen LogP contribution in [0.5, 0.6) is 0 Å². The van der Waals surface area contributed by atoms with Gasteiger partial charge in [0.15, 0.2) is 0 Å². The Labute approximate surface area is 167 Å². The predicted octanol–water partition coefficient (Wildman–Crippen LogP) is 3.56. The zero-order valence-corrected chi connectivity index (χ0v) is 17.5. The topological polar surface area (TPSA) is 66.7 Å². The molecule has 1 aromatic carbocycles. The molecule has 0 spiro atoms. The highest BCUT2D eigenvalue weighted by Gasteiger charge is 2.30. The molecular formula is C20H24BrN3O3. The number of hydrogen-bond donors (Lipinski definition) is 0. The summed E-state index contributed by atoms with van der Waals surface area (Å²) in [4.78, 5) is 29.0. The van der Waals surface area contributed by atoms with Crippen LogP contribution < -0.4 is 0 Å². The lowest BCUT2D eigenvalue weighted by Gasteiger charge is -2.33. The van der Waals surface area contributed by atoms with Crippen molar-refractivity contribution in [3.05, 3.63) is 51.3 Å². The summed E-state index contributed by atoms with van der Waals surface area (Å²) >= 11 is 3.38. The van der Waals surface area contributed by atoms with Crippen LogP contribution in [0.1, 0.15) is 40.2 Å². The van der Waals surface area contributed by atoms with Gasteiger partial charge in [-0.15, -0.1) is 0 Å². The number of rotatable bonds is 4. The van der Waals surface area contributed by atoms with E-state index in [0.29, 0.717) is 38.0 Å². The maximum Gasteiger partial charge on any atom is 0.253 e. The number of halogens is 1. The number of nitrogens with zero attached hydrogens (tertiary/aromatic N) is 3. The van der Waals surface area contributed by atoms with Gasteiger partial charge < -0.3 is 14.3 Å². The molecule has 1 fully saturated rings. The minimum atomic E-state index is -0.0514. The second kappa shape index (κ2) is 8.25. The highest BCUT2D eigenvalue weighted by Crippen LogP contribution is 2.23. The molecule has 0 N–H and O–H groups in total. The molecule has 1 saturated heterocycles. The van der Waals surface area contributed by atoms with E-state index in [9.17, 15) is 9.59 Å². The molecule has 0 atom stereocenters. The van der Waals surface area contributed by atoms with Crippen molar-refractivity contribution in [2.45, 2.75) is 33.2 Å². The maximum absolute atomic E-state index is 12.8. The Kier molecular flexibility index (Phi) is 5.99. The van der Waals surface area contributed by atoms with Gasteiger partial charge in [-0.1, -0.05) is 21.1 Å². The van der Waals surface area contributed by atoms with E-state index in [2.05, 4.69) is 21.1 Å². The molecule has 1 aliphatic heterocycles. The monoisotopic (exact) mass is 433 g/mol. The number of benzene rings is 1. The molecule has 2 heterocycles. The Morgan fingerprint density at radius 1 is 1.22 bits per heavy atom. The minimum absolute atomic E-state index is 0.0254. The Hall–Kier alpha value is -2.15. The summed E-state index contributed by atoms with van der Waals surface area (Å²) in [6.07, 6.45) is 1.38. The summed E-state index contributed by atoms with van der Waals surface area (Å²) in [6, 6.07) is 7.38. The third kappa shape index (κ3) is 4.40. The SMILES string of the molecule is Cc1noc(C)c1CN(C)C(=O)C1CCN(C(=O)c2ccc(Br)cc2)CC1. The van der Waals surface area contributed by atoms with Crippen molar-refractivity contribution < 1.29 is 14.1 Å². The van der Waals surface area contributed by atoms with Crippen molar-refractivity contribution in [1.29, 1.82) is 0 Å². The molecule has 144 valence electrons. The quantitative estimate of drug-likeness (QED) is 0.738. The van der Waals surface area contributed by atoms with E-state index in [1.54, 1.807) is 4.90 Å². The van der Waals surface area contributed by atoms with E-state index in [0.717, 1.165) is 21.5 Å². The molecule has 6 nitrogen and oxygen atoms in total. The number of amides is 2. The fourth-order valence-corrected chi connectivity index (χ4v) is 3.72. The Bertz CT molecular complexity index is 804. The van der Waals surface area contributed by atoms with Crippen LogP contribution >= 0.6 is 15.9 Å². The summed E-state index contributed by atoms with van der Waals surface area (Å²) in [6.45, 7) is 5.45. The zero-order valence-electron chi connectivity index (χ0n) is 15.9. The van der Waals surface area contributed by atoms with Crippen molar-refractivity contribution in [2.24, 2.45) is 5.92 Å². The standard InChI is InChI=1S/C20H24BrN3O3/c1-13-18(14(2)27-22-13)12-23(3)19(25)16-8-10-24(11-9-16)20(26)15-4-6-17(21)7-5-15/h4-7,16H,8-12H2,1-3H3. The molecule has 7 heteroatoms. The average Bonchev–Trinajstić information content (AvgIpc) is 2.99. The van der Waals surface area contributed by atoms with Gasteiger partial charge in [0, 0.05) is 41.7 Å². The lowest BCUT2D eigenvalue weighted by Crippen LogP contribution is -2.43. The van der Waals surface area contributed by atoms with Crippen molar-refractivity contribution in [3.8, 4) is 0 Å². The van der Waals surface area contributed by atoms with Gasteiger partial charge in [0.25, 0.3) is 5.91 Å². The first-order valence-corrected chi connectivity index (χ1v) is 9.87. The summed E-state index contributed by atoms with van der Waals surface area (Å²) in [7, 11) is 1.81. The highest BCUT2D eigenvalue weighted by atomic mass is 79.9. The van der Waals surface area contributed by atoms with Gasteiger partial charge >= 0.3 is 0 Å². The van der Waals surface area contributed by atoms with Crippen LogP contribution in [0.15, 0.2) is 33.3 Å². The van der Waals surface area contributed by atoms with E-state index >= 15 is 0 Å². The Morgan fingerprint density at radius 2 is 1.85 bits per heavy atom. The molecule has 0 unspecified atom stereocenters. The lowest BCUT2D eigenvalue weighted by molar-refractivity contribution is -0.136. The van der Waals surface area contributed by atoms with Crippen molar-refractivity contribution >= 4 is 27.7 Å². The molecule has 1 aromatic heterocycles. The van der Waals surface area contributed by atoms with E-state index in [1.165, 1.54) is 0 Å². The van der Waals surface area contributed by atoms with Crippen molar-refractivity contribution in [2.75, 3.05) is 20.1 Å². The summed E-state index contributed by atoms with van der Waals surface area (Å²) < 4.78 is 6.12. The molecule has 0 saturated carbocycles. The second-order valence-corrected chi connectivity index (χ2v) is 7.99. The molecule has 0 bridgehead atoms. The Balaban J connectivity index is 1.56. The summed E-state index contributed by atoms with van der Waals surface area (Å²) in [5.41, 5.74) is 2.47. The molecular weight excluding hydrogens is 410 g/mol. The smallest absolute Gasteiger partial charge is 0.253 e. The van der Waals surface area contributed by atoms with Gasteiger partial charge in [-0.05, 0) is 51.0 Å². The number of hydrogen-bond acceptors (Lipinski definition) is 4. The first kappa shape index (κ1) is 19.6. The van der Waals surface area contributed by atoms with Gasteiger partial charge in [-0.2, -0.15) is 0 Å². The van der Waals surface area contributed by atoms with Crippen LogP contribution in [0, 0.1) is 19.8 Å². The molecule has 2 aromatic rings. The molecule has 1 aliphatic rings. The van der Waals surface area contributed by atoms with Gasteiger partial charge in [0.1, 0.15) is 5.76 Å². The fraction of sp³-hybridized carbons (Fsp3) is 0.450. The Morgan fingerprint density at radius 3 is 2.41 bits per heavy atom. The number of aryl methyl sites for hydroxylation is 2. The maximum atomic E-state index is 12.8. The lowest BCUT2D eigenvalue weighted by atomic mass is 9.94. The van der Waals surface area contributed by atoms with E-state index in [-0.39, 0.29) is 17.7 Å². The third-order valence-electron chi connectivity index (χ3n) is 5.18. The van der Waals surface area contributed by atoms with Crippen LogP contribution in [0.3, 0.4) is 0 Å². The number of likely N-dealkylation sites (tertiary alicyclic amines) is 1. The van der Waals surface area contributed by atoms with Crippen molar-refractivity contribution in [3.63, 3.8) is 0 Å². The second-order valence-electron chi connectivity index (χ2n) is 7.07. The van der Waals surface area contributed by atoms with Crippen LogP contribution in [0.4, 0.5) is 0 Å². The van der Waals surface area contributed by atoms with Gasteiger partial charge in [-0.3, -0.25) is 9.59 Å². The number of carbonyl (C=O) groups is 2. The summed E-state index contributed by atoms with van der Waals surface area (Å²) in [5.74, 6) is 0.842. The van der Waals surface area contributed by atoms with Crippen LogP contribution in [-0.2, 0) is 11.3 Å². The first-order chi connectivity index (χ1) is 12.9. The largest absolute Gasteiger partial charge is 0.361 e.